The smallest absolute Gasteiger partial charge is 0.357 e. The van der Waals surface area contributed by atoms with E-state index in [9.17, 15) is 19.2 Å². The summed E-state index contributed by atoms with van der Waals surface area (Å²) in [5.41, 5.74) is 0.353. The van der Waals surface area contributed by atoms with Crippen molar-refractivity contribution in [2.24, 2.45) is 0 Å². The Morgan fingerprint density at radius 2 is 1.00 bits per heavy atom. The lowest BCUT2D eigenvalue weighted by Gasteiger charge is -2.26. The molecule has 0 fully saturated rings. The molecule has 0 aromatic carbocycles. The summed E-state index contributed by atoms with van der Waals surface area (Å²) >= 11 is 0. The van der Waals surface area contributed by atoms with Crippen molar-refractivity contribution in [1.82, 2.24) is 19.8 Å². The quantitative estimate of drug-likeness (QED) is 0.338. The van der Waals surface area contributed by atoms with E-state index in [4.69, 9.17) is 9.47 Å². The number of esters is 2. The summed E-state index contributed by atoms with van der Waals surface area (Å²) in [4.78, 5) is 61.8. The first kappa shape index (κ1) is 32.7. The van der Waals surface area contributed by atoms with Crippen LogP contribution in [0.15, 0.2) is 36.4 Å². The van der Waals surface area contributed by atoms with Crippen LogP contribution in [0.5, 0.6) is 0 Å². The molecule has 0 bridgehead atoms. The number of Topliss-reactive ketones (excluding diaryl/α,β-unsaturated/α-hetero) is 2. The van der Waals surface area contributed by atoms with E-state index in [-0.39, 0.29) is 36.0 Å². The molecule has 2 rings (SSSR count). The second kappa shape index (κ2) is 14.2. The summed E-state index contributed by atoms with van der Waals surface area (Å²) in [5, 5.41) is 0. The van der Waals surface area contributed by atoms with Gasteiger partial charge in [-0.3, -0.25) is 19.4 Å². The van der Waals surface area contributed by atoms with Crippen molar-refractivity contribution in [2.45, 2.75) is 79.7 Å². The van der Waals surface area contributed by atoms with Crippen molar-refractivity contribution in [2.75, 3.05) is 26.2 Å². The van der Waals surface area contributed by atoms with Gasteiger partial charge < -0.3 is 9.47 Å². The van der Waals surface area contributed by atoms with Gasteiger partial charge in [0.15, 0.2) is 0 Å². The third kappa shape index (κ3) is 12.6. The van der Waals surface area contributed by atoms with Crippen LogP contribution >= 0.6 is 0 Å². The first-order valence-corrected chi connectivity index (χ1v) is 13.3. The van der Waals surface area contributed by atoms with Crippen LogP contribution in [-0.4, -0.2) is 80.7 Å². The summed E-state index contributed by atoms with van der Waals surface area (Å²) in [6.45, 7) is 15.7. The van der Waals surface area contributed by atoms with Crippen molar-refractivity contribution in [3.8, 4) is 0 Å². The molecule has 0 amide bonds. The summed E-state index contributed by atoms with van der Waals surface area (Å²) in [6, 6.07) is 10.2. The number of rotatable bonds is 13. The molecule has 2 heterocycles. The monoisotopic (exact) mass is 554 g/mol. The van der Waals surface area contributed by atoms with E-state index >= 15 is 0 Å². The molecule has 0 saturated carbocycles. The molecular formula is C30H42N4O6. The first-order valence-electron chi connectivity index (χ1n) is 13.3. The Morgan fingerprint density at radius 3 is 1.30 bits per heavy atom. The number of nitrogens with zero attached hydrogens (tertiary/aromatic N) is 4. The highest BCUT2D eigenvalue weighted by Crippen LogP contribution is 2.14. The summed E-state index contributed by atoms with van der Waals surface area (Å²) in [6.07, 6.45) is 0. The molecule has 0 radical (unpaired) electrons. The molecule has 0 aliphatic carbocycles. The highest BCUT2D eigenvalue weighted by atomic mass is 16.6. The van der Waals surface area contributed by atoms with E-state index in [1.54, 1.807) is 77.9 Å². The Hall–Kier alpha value is -3.50. The minimum Gasteiger partial charge on any atom is -0.455 e. The number of carbonyl (C=O) groups excluding carboxylic acids is 4. The maximum absolute atomic E-state index is 12.5. The average molecular weight is 555 g/mol. The van der Waals surface area contributed by atoms with Crippen LogP contribution in [0.25, 0.3) is 0 Å². The number of ether oxygens (including phenoxy) is 2. The van der Waals surface area contributed by atoms with Crippen LogP contribution in [-0.2, 0) is 32.2 Å². The van der Waals surface area contributed by atoms with Gasteiger partial charge in [-0.05, 0) is 79.7 Å². The van der Waals surface area contributed by atoms with Gasteiger partial charge in [-0.2, -0.15) is 0 Å². The van der Waals surface area contributed by atoms with E-state index in [0.717, 1.165) is 0 Å². The van der Waals surface area contributed by atoms with E-state index in [2.05, 4.69) is 9.97 Å². The third-order valence-corrected chi connectivity index (χ3v) is 5.23. The Kier molecular flexibility index (Phi) is 11.6. The van der Waals surface area contributed by atoms with Crippen molar-refractivity contribution in [1.29, 1.82) is 0 Å². The Labute approximate surface area is 237 Å². The molecule has 0 unspecified atom stereocenters. The second-order valence-corrected chi connectivity index (χ2v) is 11.9. The standard InChI is InChI=1S/C30H42N4O6/c1-21(35)17-33(19-23-11-9-13-25(31-23)27(37)39-29(3,4)5)15-16-34(18-22(2)36)20-24-12-10-14-26(32-24)28(38)40-30(6,7)8/h9-14H,15-20H2,1-8H3. The predicted octanol–water partition coefficient (Wildman–Crippen LogP) is 3.87. The molecule has 0 saturated heterocycles. The van der Waals surface area contributed by atoms with E-state index in [1.165, 1.54) is 13.8 Å². The molecule has 0 atom stereocenters. The number of pyridine rings is 2. The average Bonchev–Trinajstić information content (AvgIpc) is 2.80. The molecule has 0 N–H and O–H groups in total. The minimum absolute atomic E-state index is 0.0202. The zero-order valence-corrected chi connectivity index (χ0v) is 24.9. The first-order chi connectivity index (χ1) is 18.5. The van der Waals surface area contributed by atoms with Crippen molar-refractivity contribution in [3.05, 3.63) is 59.2 Å². The number of ketones is 2. The maximum atomic E-state index is 12.5. The molecule has 40 heavy (non-hydrogen) atoms. The highest BCUT2D eigenvalue weighted by molar-refractivity contribution is 5.88. The van der Waals surface area contributed by atoms with E-state index < -0.39 is 23.1 Å². The maximum Gasteiger partial charge on any atom is 0.357 e. The second-order valence-electron chi connectivity index (χ2n) is 11.9. The summed E-state index contributed by atoms with van der Waals surface area (Å²) in [5.74, 6) is -1.07. The number of aromatic nitrogens is 2. The van der Waals surface area contributed by atoms with Gasteiger partial charge in [0.05, 0.1) is 24.5 Å². The lowest BCUT2D eigenvalue weighted by molar-refractivity contribution is -0.119. The summed E-state index contributed by atoms with van der Waals surface area (Å²) < 4.78 is 10.8. The highest BCUT2D eigenvalue weighted by Gasteiger charge is 2.21. The van der Waals surface area contributed by atoms with Crippen molar-refractivity contribution in [3.63, 3.8) is 0 Å². The number of hydrogen-bond acceptors (Lipinski definition) is 10. The van der Waals surface area contributed by atoms with Gasteiger partial charge in [-0.15, -0.1) is 0 Å². The Bertz CT molecular complexity index is 1110. The van der Waals surface area contributed by atoms with Crippen LogP contribution in [0.1, 0.15) is 87.8 Å². The van der Waals surface area contributed by atoms with Crippen molar-refractivity contribution < 1.29 is 28.7 Å². The fourth-order valence-electron chi connectivity index (χ4n) is 3.82. The molecular weight excluding hydrogens is 512 g/mol. The molecule has 10 heteroatoms. The Balaban J connectivity index is 2.15. The van der Waals surface area contributed by atoms with Crippen molar-refractivity contribution >= 4 is 23.5 Å². The van der Waals surface area contributed by atoms with Gasteiger partial charge >= 0.3 is 11.9 Å². The fourth-order valence-corrected chi connectivity index (χ4v) is 3.82. The SMILES string of the molecule is CC(=O)CN(CCN(CC(C)=O)Cc1cccc(C(=O)OC(C)(C)C)n1)Cc1cccc(C(=O)OC(C)(C)C)n1. The molecule has 218 valence electrons. The van der Waals surface area contributed by atoms with Crippen LogP contribution < -0.4 is 0 Å². The van der Waals surface area contributed by atoms with Gasteiger partial charge in [0.2, 0.25) is 0 Å². The van der Waals surface area contributed by atoms with Crippen LogP contribution in [0, 0.1) is 0 Å². The lowest BCUT2D eigenvalue weighted by Crippen LogP contribution is -2.39. The normalized spacial score (nSPS) is 11.9. The van der Waals surface area contributed by atoms with Gasteiger partial charge in [0.25, 0.3) is 0 Å². The molecule has 2 aromatic heterocycles. The van der Waals surface area contributed by atoms with Crippen LogP contribution in [0.4, 0.5) is 0 Å². The largest absolute Gasteiger partial charge is 0.455 e. The van der Waals surface area contributed by atoms with Gasteiger partial charge in [-0.1, -0.05) is 12.1 Å². The van der Waals surface area contributed by atoms with Gasteiger partial charge in [0.1, 0.15) is 34.2 Å². The van der Waals surface area contributed by atoms with Gasteiger partial charge in [0, 0.05) is 26.2 Å². The van der Waals surface area contributed by atoms with Crippen LogP contribution in [0.3, 0.4) is 0 Å². The zero-order valence-electron chi connectivity index (χ0n) is 24.9. The molecule has 0 aliphatic rings. The number of carbonyl (C=O) groups is 4. The Morgan fingerprint density at radius 1 is 0.650 bits per heavy atom. The minimum atomic E-state index is -0.642. The summed E-state index contributed by atoms with van der Waals surface area (Å²) in [7, 11) is 0. The molecule has 2 aromatic rings. The zero-order chi connectivity index (χ0) is 30.1. The van der Waals surface area contributed by atoms with Crippen LogP contribution in [0.2, 0.25) is 0 Å². The predicted molar refractivity (Wildman–Crippen MR) is 151 cm³/mol. The molecule has 0 spiro atoms. The molecule has 0 aliphatic heterocycles. The fraction of sp³-hybridized carbons (Fsp3) is 0.533. The molecule has 10 nitrogen and oxygen atoms in total. The number of hydrogen-bond donors (Lipinski definition) is 0. The topological polar surface area (TPSA) is 119 Å². The third-order valence-electron chi connectivity index (χ3n) is 5.23. The van der Waals surface area contributed by atoms with E-state index in [1.807, 2.05) is 9.80 Å². The van der Waals surface area contributed by atoms with Gasteiger partial charge in [-0.25, -0.2) is 19.6 Å². The van der Waals surface area contributed by atoms with E-state index in [0.29, 0.717) is 37.6 Å². The lowest BCUT2D eigenvalue weighted by atomic mass is 10.2.